The van der Waals surface area contributed by atoms with Gasteiger partial charge >= 0.3 is 6.03 Å². The lowest BCUT2D eigenvalue weighted by atomic mass is 9.96. The molecule has 0 spiro atoms. The number of aryl methyl sites for hydroxylation is 2. The minimum atomic E-state index is -0.144. The second kappa shape index (κ2) is 9.40. The molecule has 1 aromatic carbocycles. The quantitative estimate of drug-likeness (QED) is 0.641. The Kier molecular flexibility index (Phi) is 6.69. The highest BCUT2D eigenvalue weighted by molar-refractivity contribution is 5.89. The zero-order valence-corrected chi connectivity index (χ0v) is 16.3. The summed E-state index contributed by atoms with van der Waals surface area (Å²) in [4.78, 5) is 16.6. The van der Waals surface area contributed by atoms with Crippen LogP contribution >= 0.6 is 0 Å². The van der Waals surface area contributed by atoms with Crippen LogP contribution in [0.3, 0.4) is 0 Å². The van der Waals surface area contributed by atoms with E-state index in [1.54, 1.807) is 6.20 Å². The van der Waals surface area contributed by atoms with Crippen LogP contribution in [0.4, 0.5) is 22.0 Å². The number of anilines is 3. The van der Waals surface area contributed by atoms with Crippen LogP contribution in [-0.2, 0) is 12.8 Å². The minimum absolute atomic E-state index is 0.144. The highest BCUT2D eigenvalue weighted by atomic mass is 16.2. The van der Waals surface area contributed by atoms with E-state index in [1.807, 2.05) is 12.1 Å². The highest BCUT2D eigenvalue weighted by Crippen LogP contribution is 2.26. The Morgan fingerprint density at radius 3 is 2.33 bits per heavy atom. The minimum Gasteiger partial charge on any atom is -0.340 e. The fourth-order valence-electron chi connectivity index (χ4n) is 3.67. The van der Waals surface area contributed by atoms with Crippen molar-refractivity contribution in [1.82, 2.24) is 10.3 Å². The smallest absolute Gasteiger partial charge is 0.319 e. The number of rotatable bonds is 6. The maximum absolute atomic E-state index is 12.2. The van der Waals surface area contributed by atoms with E-state index in [0.717, 1.165) is 37.2 Å². The Hall–Kier alpha value is -2.56. The number of hydrogen-bond donors (Lipinski definition) is 3. The lowest BCUT2D eigenvalue weighted by Crippen LogP contribution is -2.39. The van der Waals surface area contributed by atoms with Crippen LogP contribution in [0, 0.1) is 0 Å². The molecule has 2 aromatic rings. The number of aromatic nitrogens is 1. The molecule has 1 aromatic heterocycles. The van der Waals surface area contributed by atoms with Crippen molar-refractivity contribution in [3.8, 4) is 0 Å². The van der Waals surface area contributed by atoms with E-state index in [1.165, 1.54) is 30.4 Å². The van der Waals surface area contributed by atoms with Crippen molar-refractivity contribution < 1.29 is 4.79 Å². The summed E-state index contributed by atoms with van der Waals surface area (Å²) in [6, 6.07) is 10.3. The topological polar surface area (TPSA) is 66.0 Å². The summed E-state index contributed by atoms with van der Waals surface area (Å²) in [5, 5.41) is 9.39. The highest BCUT2D eigenvalue weighted by Gasteiger charge is 2.15. The van der Waals surface area contributed by atoms with Gasteiger partial charge in [0.1, 0.15) is 5.82 Å². The van der Waals surface area contributed by atoms with Crippen molar-refractivity contribution >= 4 is 23.2 Å². The van der Waals surface area contributed by atoms with Gasteiger partial charge < -0.3 is 16.0 Å². The summed E-state index contributed by atoms with van der Waals surface area (Å²) in [6.45, 7) is 4.32. The zero-order valence-electron chi connectivity index (χ0n) is 16.3. The molecule has 0 radical (unpaired) electrons. The maximum atomic E-state index is 12.2. The van der Waals surface area contributed by atoms with Crippen LogP contribution in [0.5, 0.6) is 0 Å². The Balaban J connectivity index is 1.61. The number of carbonyl (C=O) groups is 1. The predicted molar refractivity (Wildman–Crippen MR) is 112 cm³/mol. The fourth-order valence-corrected chi connectivity index (χ4v) is 3.67. The first-order valence-corrected chi connectivity index (χ1v) is 10.1. The largest absolute Gasteiger partial charge is 0.340 e. The van der Waals surface area contributed by atoms with Gasteiger partial charge in [0, 0.05) is 11.7 Å². The molecule has 0 bridgehead atoms. The molecule has 1 aliphatic carbocycles. The molecule has 3 N–H and O–H groups in total. The summed E-state index contributed by atoms with van der Waals surface area (Å²) in [5.41, 5.74) is 4.41. The Labute approximate surface area is 162 Å². The third-order valence-electron chi connectivity index (χ3n) is 5.21. The molecule has 0 aliphatic heterocycles. The van der Waals surface area contributed by atoms with Crippen molar-refractivity contribution in [3.63, 3.8) is 0 Å². The Morgan fingerprint density at radius 1 is 1.04 bits per heavy atom. The van der Waals surface area contributed by atoms with Gasteiger partial charge in [-0.3, -0.25) is 0 Å². The summed E-state index contributed by atoms with van der Waals surface area (Å²) in [5.74, 6) is 0.781. The molecule has 0 atom stereocenters. The van der Waals surface area contributed by atoms with Gasteiger partial charge in [0.05, 0.1) is 11.9 Å². The standard InChI is InChI=1S/C22H30N4O/c1-3-16-9-8-10-17(4-2)21(16)26-20-14-13-19(15-23-20)25-22(27)24-18-11-6-5-7-12-18/h8-10,13-15,18H,3-7,11-12H2,1-2H3,(H,23,26)(H2,24,25,27). The normalized spacial score (nSPS) is 14.6. The molecule has 1 aliphatic rings. The van der Waals surface area contributed by atoms with E-state index in [-0.39, 0.29) is 6.03 Å². The molecular weight excluding hydrogens is 336 g/mol. The van der Waals surface area contributed by atoms with Gasteiger partial charge in [-0.1, -0.05) is 51.3 Å². The van der Waals surface area contributed by atoms with Gasteiger partial charge in [0.2, 0.25) is 0 Å². The number of carbonyl (C=O) groups excluding carboxylic acids is 1. The van der Waals surface area contributed by atoms with Crippen molar-refractivity contribution in [2.24, 2.45) is 0 Å². The van der Waals surface area contributed by atoms with E-state index in [4.69, 9.17) is 0 Å². The SMILES string of the molecule is CCc1cccc(CC)c1Nc1ccc(NC(=O)NC2CCCCC2)cn1. The number of benzene rings is 1. The number of nitrogens with zero attached hydrogens (tertiary/aromatic N) is 1. The molecule has 27 heavy (non-hydrogen) atoms. The van der Waals surface area contributed by atoms with Gasteiger partial charge in [-0.2, -0.15) is 0 Å². The average molecular weight is 367 g/mol. The maximum Gasteiger partial charge on any atom is 0.319 e. The molecular formula is C22H30N4O. The van der Waals surface area contributed by atoms with E-state index < -0.39 is 0 Å². The van der Waals surface area contributed by atoms with Crippen molar-refractivity contribution in [2.45, 2.75) is 64.8 Å². The number of para-hydroxylation sites is 1. The van der Waals surface area contributed by atoms with Crippen LogP contribution < -0.4 is 16.0 Å². The van der Waals surface area contributed by atoms with Gasteiger partial charge in [-0.05, 0) is 48.9 Å². The van der Waals surface area contributed by atoms with E-state index in [0.29, 0.717) is 11.7 Å². The molecule has 1 saturated carbocycles. The van der Waals surface area contributed by atoms with Crippen LogP contribution in [0.1, 0.15) is 57.1 Å². The third kappa shape index (κ3) is 5.22. The summed E-state index contributed by atoms with van der Waals surface area (Å²) < 4.78 is 0. The van der Waals surface area contributed by atoms with Crippen molar-refractivity contribution in [3.05, 3.63) is 47.7 Å². The molecule has 5 nitrogen and oxygen atoms in total. The Morgan fingerprint density at radius 2 is 1.74 bits per heavy atom. The molecule has 0 unspecified atom stereocenters. The summed E-state index contributed by atoms with van der Waals surface area (Å²) >= 11 is 0. The molecule has 1 heterocycles. The van der Waals surface area contributed by atoms with Gasteiger partial charge in [0.25, 0.3) is 0 Å². The monoisotopic (exact) mass is 366 g/mol. The second-order valence-electron chi connectivity index (χ2n) is 7.15. The predicted octanol–water partition coefficient (Wildman–Crippen LogP) is 5.40. The molecule has 3 rings (SSSR count). The molecule has 144 valence electrons. The van der Waals surface area contributed by atoms with Crippen molar-refractivity contribution in [1.29, 1.82) is 0 Å². The lowest BCUT2D eigenvalue weighted by Gasteiger charge is -2.22. The molecule has 5 heteroatoms. The zero-order chi connectivity index (χ0) is 19.1. The number of amides is 2. The number of hydrogen-bond acceptors (Lipinski definition) is 3. The molecule has 1 fully saturated rings. The fraction of sp³-hybridized carbons (Fsp3) is 0.455. The number of nitrogens with one attached hydrogen (secondary N) is 3. The van der Waals surface area contributed by atoms with E-state index in [2.05, 4.69) is 53.0 Å². The average Bonchev–Trinajstić information content (AvgIpc) is 2.70. The first kappa shape index (κ1) is 19.2. The second-order valence-corrected chi connectivity index (χ2v) is 7.15. The van der Waals surface area contributed by atoms with Crippen LogP contribution in [-0.4, -0.2) is 17.1 Å². The first-order valence-electron chi connectivity index (χ1n) is 10.1. The van der Waals surface area contributed by atoms with Crippen LogP contribution in [0.15, 0.2) is 36.5 Å². The summed E-state index contributed by atoms with van der Waals surface area (Å²) in [7, 11) is 0. The molecule has 2 amide bonds. The van der Waals surface area contributed by atoms with Gasteiger partial charge in [-0.15, -0.1) is 0 Å². The lowest BCUT2D eigenvalue weighted by molar-refractivity contribution is 0.244. The van der Waals surface area contributed by atoms with Gasteiger partial charge in [0.15, 0.2) is 0 Å². The number of urea groups is 1. The first-order chi connectivity index (χ1) is 13.2. The third-order valence-corrected chi connectivity index (χ3v) is 5.21. The Bertz CT molecular complexity index is 729. The summed E-state index contributed by atoms with van der Waals surface area (Å²) in [6.07, 6.45) is 9.46. The molecule has 0 saturated heterocycles. The van der Waals surface area contributed by atoms with E-state index >= 15 is 0 Å². The van der Waals surface area contributed by atoms with Crippen molar-refractivity contribution in [2.75, 3.05) is 10.6 Å². The van der Waals surface area contributed by atoms with E-state index in [9.17, 15) is 4.79 Å². The van der Waals surface area contributed by atoms with Crippen LogP contribution in [0.2, 0.25) is 0 Å². The van der Waals surface area contributed by atoms with Gasteiger partial charge in [-0.25, -0.2) is 9.78 Å². The number of pyridine rings is 1. The van der Waals surface area contributed by atoms with Crippen LogP contribution in [0.25, 0.3) is 0 Å².